The summed E-state index contributed by atoms with van der Waals surface area (Å²) < 4.78 is 4.79. The average Bonchev–Trinajstić information content (AvgIpc) is 2.12. The lowest BCUT2D eigenvalue weighted by molar-refractivity contribution is -0.106. The van der Waals surface area contributed by atoms with E-state index in [0.29, 0.717) is 13.2 Å². The minimum Gasteiger partial charge on any atom is -0.473 e. The van der Waals surface area contributed by atoms with Crippen LogP contribution in [0.25, 0.3) is 0 Å². The van der Waals surface area contributed by atoms with E-state index in [0.717, 1.165) is 0 Å². The van der Waals surface area contributed by atoms with Gasteiger partial charge in [-0.1, -0.05) is 9.24 Å². The molecule has 0 saturated carbocycles. The van der Waals surface area contributed by atoms with Crippen molar-refractivity contribution < 1.29 is 9.53 Å². The molecule has 0 radical (unpaired) electrons. The molecule has 0 aromatic carbocycles. The van der Waals surface area contributed by atoms with Crippen LogP contribution in [0.1, 0.15) is 0 Å². The van der Waals surface area contributed by atoms with E-state index in [9.17, 15) is 4.79 Å². The number of hydrogen-bond acceptors (Lipinski definition) is 3. The second-order valence-electron chi connectivity index (χ2n) is 1.40. The molecule has 4 heteroatoms. The van der Waals surface area contributed by atoms with Gasteiger partial charge in [0.2, 0.25) is 5.52 Å². The smallest absolute Gasteiger partial charge is 0.257 e. The van der Waals surface area contributed by atoms with Gasteiger partial charge in [-0.15, -0.1) is 0 Å². The Morgan fingerprint density at radius 2 is 2.62 bits per heavy atom. The molecule has 0 N–H and O–H groups in total. The summed E-state index contributed by atoms with van der Waals surface area (Å²) in [5.74, 6) is 0.245. The third kappa shape index (κ3) is 1.04. The molecule has 0 amide bonds. The minimum absolute atomic E-state index is 0.164. The Labute approximate surface area is 49.3 Å². The third-order valence-corrected chi connectivity index (χ3v) is 1.04. The van der Waals surface area contributed by atoms with Crippen molar-refractivity contribution in [2.75, 3.05) is 13.2 Å². The molecule has 3 nitrogen and oxygen atoms in total. The van der Waals surface area contributed by atoms with Gasteiger partial charge in [0.05, 0.1) is 6.54 Å². The maximum Gasteiger partial charge on any atom is 0.257 e. The van der Waals surface area contributed by atoms with Crippen LogP contribution in [-0.2, 0) is 9.53 Å². The second-order valence-corrected chi connectivity index (χ2v) is 1.92. The first kappa shape index (κ1) is 5.70. The van der Waals surface area contributed by atoms with Crippen LogP contribution >= 0.6 is 9.24 Å². The number of ether oxygens (including phenoxy) is 1. The zero-order chi connectivity index (χ0) is 5.98. The van der Waals surface area contributed by atoms with Crippen LogP contribution in [0.2, 0.25) is 0 Å². The van der Waals surface area contributed by atoms with E-state index in [2.05, 4.69) is 4.99 Å². The van der Waals surface area contributed by atoms with E-state index in [1.54, 1.807) is 0 Å². The number of carbonyl (C=O) groups is 1. The Balaban J connectivity index is 2.57. The second kappa shape index (κ2) is 2.23. The average molecular weight is 131 g/mol. The molecule has 1 aliphatic heterocycles. The lowest BCUT2D eigenvalue weighted by Gasteiger charge is -1.90. The lowest BCUT2D eigenvalue weighted by atomic mass is 10.7. The number of aliphatic imine (C=N–C) groups is 1. The summed E-state index contributed by atoms with van der Waals surface area (Å²) in [5.41, 5.74) is -0.164. The van der Waals surface area contributed by atoms with Gasteiger partial charge in [-0.3, -0.25) is 4.79 Å². The zero-order valence-corrected chi connectivity index (χ0v) is 5.41. The molecule has 1 atom stereocenters. The topological polar surface area (TPSA) is 38.7 Å². The molecule has 44 valence electrons. The van der Waals surface area contributed by atoms with E-state index in [-0.39, 0.29) is 11.4 Å². The van der Waals surface area contributed by atoms with Gasteiger partial charge in [0.1, 0.15) is 6.61 Å². The van der Waals surface area contributed by atoms with Crippen LogP contribution in [0, 0.1) is 0 Å². The van der Waals surface area contributed by atoms with Gasteiger partial charge in [-0.05, 0) is 0 Å². The SMILES string of the molecule is O=C(P)C1=NCCO1. The van der Waals surface area contributed by atoms with Crippen LogP contribution in [-0.4, -0.2) is 24.6 Å². The Morgan fingerprint density at radius 3 is 2.88 bits per heavy atom. The molecule has 1 aliphatic rings. The highest BCUT2D eigenvalue weighted by molar-refractivity contribution is 7.44. The van der Waals surface area contributed by atoms with Gasteiger partial charge >= 0.3 is 0 Å². The van der Waals surface area contributed by atoms with E-state index >= 15 is 0 Å². The van der Waals surface area contributed by atoms with E-state index < -0.39 is 0 Å². The summed E-state index contributed by atoms with van der Waals surface area (Å²) in [6.07, 6.45) is 0. The molecule has 0 aromatic rings. The first-order chi connectivity index (χ1) is 3.80. The fourth-order valence-corrected chi connectivity index (χ4v) is 0.659. The first-order valence-electron chi connectivity index (χ1n) is 2.28. The number of carbonyl (C=O) groups excluding carboxylic acids is 1. The minimum atomic E-state index is -0.164. The quantitative estimate of drug-likeness (QED) is 0.463. The molecule has 1 heterocycles. The molecule has 0 fully saturated rings. The van der Waals surface area contributed by atoms with E-state index in [1.807, 2.05) is 9.24 Å². The normalized spacial score (nSPS) is 17.4. The third-order valence-electron chi connectivity index (χ3n) is 0.796. The van der Waals surface area contributed by atoms with E-state index in [1.165, 1.54) is 0 Å². The number of rotatable bonds is 1. The largest absolute Gasteiger partial charge is 0.473 e. The van der Waals surface area contributed by atoms with Crippen LogP contribution < -0.4 is 0 Å². The number of nitrogens with zero attached hydrogens (tertiary/aromatic N) is 1. The summed E-state index contributed by atoms with van der Waals surface area (Å²) in [4.78, 5) is 14.1. The van der Waals surface area contributed by atoms with Crippen molar-refractivity contribution in [2.24, 2.45) is 4.99 Å². The highest BCUT2D eigenvalue weighted by Gasteiger charge is 2.10. The molecule has 8 heavy (non-hydrogen) atoms. The molecule has 1 rings (SSSR count). The van der Waals surface area contributed by atoms with Gasteiger partial charge in [0.25, 0.3) is 5.90 Å². The maximum atomic E-state index is 10.4. The summed E-state index contributed by atoms with van der Waals surface area (Å²) in [5, 5.41) is 0. The predicted octanol–water partition coefficient (Wildman–Crippen LogP) is -0.183. The van der Waals surface area contributed by atoms with Crippen molar-refractivity contribution in [3.05, 3.63) is 0 Å². The molecule has 0 aliphatic carbocycles. The lowest BCUT2D eigenvalue weighted by Crippen LogP contribution is -2.05. The van der Waals surface area contributed by atoms with Gasteiger partial charge in [-0.2, -0.15) is 0 Å². The fourth-order valence-electron chi connectivity index (χ4n) is 0.484. The molecule has 1 unspecified atom stereocenters. The van der Waals surface area contributed by atoms with Gasteiger partial charge in [-0.25, -0.2) is 4.99 Å². The summed E-state index contributed by atoms with van der Waals surface area (Å²) in [6.45, 7) is 1.17. The zero-order valence-electron chi connectivity index (χ0n) is 4.26. The predicted molar refractivity (Wildman–Crippen MR) is 33.0 cm³/mol. The van der Waals surface area contributed by atoms with Crippen LogP contribution in [0.4, 0.5) is 0 Å². The van der Waals surface area contributed by atoms with Gasteiger partial charge < -0.3 is 4.74 Å². The van der Waals surface area contributed by atoms with Crippen molar-refractivity contribution >= 4 is 20.7 Å². The van der Waals surface area contributed by atoms with Crippen molar-refractivity contribution in [1.29, 1.82) is 0 Å². The van der Waals surface area contributed by atoms with E-state index in [4.69, 9.17) is 4.74 Å². The standard InChI is InChI=1S/C4H6NO2P/c6-4(8)3-5-1-2-7-3/h1-2,8H2. The van der Waals surface area contributed by atoms with Crippen molar-refractivity contribution in [3.8, 4) is 0 Å². The Kier molecular flexibility index (Phi) is 1.59. The van der Waals surface area contributed by atoms with Crippen LogP contribution in [0.15, 0.2) is 4.99 Å². The molecule has 0 spiro atoms. The summed E-state index contributed by atoms with van der Waals surface area (Å²) in [7, 11) is 2.01. The van der Waals surface area contributed by atoms with Crippen molar-refractivity contribution in [2.45, 2.75) is 0 Å². The summed E-state index contributed by atoms with van der Waals surface area (Å²) >= 11 is 0. The Morgan fingerprint density at radius 1 is 1.88 bits per heavy atom. The highest BCUT2D eigenvalue weighted by Crippen LogP contribution is 1.98. The van der Waals surface area contributed by atoms with Crippen LogP contribution in [0.3, 0.4) is 0 Å². The molecular formula is C4H6NO2P. The highest BCUT2D eigenvalue weighted by atomic mass is 31.0. The van der Waals surface area contributed by atoms with Crippen molar-refractivity contribution in [3.63, 3.8) is 0 Å². The maximum absolute atomic E-state index is 10.4. The first-order valence-corrected chi connectivity index (χ1v) is 2.85. The Hall–Kier alpha value is -0.430. The number of hydrogen-bond donors (Lipinski definition) is 0. The van der Waals surface area contributed by atoms with Crippen molar-refractivity contribution in [1.82, 2.24) is 0 Å². The molecule has 0 saturated heterocycles. The molecular weight excluding hydrogens is 125 g/mol. The van der Waals surface area contributed by atoms with Crippen LogP contribution in [0.5, 0.6) is 0 Å². The Bertz CT molecular complexity index is 143. The van der Waals surface area contributed by atoms with Gasteiger partial charge in [0.15, 0.2) is 0 Å². The van der Waals surface area contributed by atoms with Gasteiger partial charge in [0, 0.05) is 0 Å². The summed E-state index contributed by atoms with van der Waals surface area (Å²) in [6, 6.07) is 0. The fraction of sp³-hybridized carbons (Fsp3) is 0.500. The monoisotopic (exact) mass is 131 g/mol. The molecule has 0 bridgehead atoms. The molecule has 0 aromatic heterocycles.